The van der Waals surface area contributed by atoms with E-state index >= 15 is 0 Å². The molecule has 9 nitrogen and oxygen atoms in total. The Labute approximate surface area is 164 Å². The Morgan fingerprint density at radius 1 is 1.36 bits per heavy atom. The number of β-lactam (4-membered cyclic amide) rings is 1. The Bertz CT molecular complexity index is 1010. The summed E-state index contributed by atoms with van der Waals surface area (Å²) in [5, 5.41) is 11.9. The Hall–Kier alpha value is -2.72. The molecule has 2 aliphatic rings. The second-order valence-electron chi connectivity index (χ2n) is 6.88. The molecular formula is C18H19N3O6S. The minimum absolute atomic E-state index is 0.124. The molecule has 0 aromatic carbocycles. The molecule has 1 N–H and O–H groups in total. The molecule has 2 aromatic heterocycles. The van der Waals surface area contributed by atoms with Crippen molar-refractivity contribution in [1.29, 1.82) is 0 Å². The zero-order chi connectivity index (χ0) is 20.2. The molecule has 28 heavy (non-hydrogen) atoms. The van der Waals surface area contributed by atoms with Crippen LogP contribution in [0.25, 0.3) is 10.4 Å². The number of thiazole rings is 1. The van der Waals surface area contributed by atoms with Gasteiger partial charge >= 0.3 is 11.9 Å². The lowest BCUT2D eigenvalue weighted by atomic mass is 9.83. The maximum Gasteiger partial charge on any atom is 0.358 e. The third-order valence-corrected chi connectivity index (χ3v) is 5.88. The highest BCUT2D eigenvalue weighted by atomic mass is 32.1. The predicted octanol–water partition coefficient (Wildman–Crippen LogP) is 1.17. The second-order valence-corrected chi connectivity index (χ2v) is 7.77. The summed E-state index contributed by atoms with van der Waals surface area (Å²) in [5.74, 6) is -2.21. The van der Waals surface area contributed by atoms with Gasteiger partial charge in [0, 0.05) is 24.8 Å². The van der Waals surface area contributed by atoms with Crippen LogP contribution >= 0.6 is 11.3 Å². The number of nitrogens with zero attached hydrogens (tertiary/aromatic N) is 3. The number of hydrogen-bond acceptors (Lipinski definition) is 8. The van der Waals surface area contributed by atoms with Crippen molar-refractivity contribution in [3.05, 3.63) is 29.3 Å². The number of imidazole rings is 1. The molecule has 0 aliphatic carbocycles. The number of aliphatic hydroxyl groups excluding tert-OH is 1. The summed E-state index contributed by atoms with van der Waals surface area (Å²) in [4.78, 5) is 43.0. The van der Waals surface area contributed by atoms with Crippen molar-refractivity contribution in [3.63, 3.8) is 0 Å². The normalized spacial score (nSPS) is 23.4. The highest BCUT2D eigenvalue weighted by Crippen LogP contribution is 2.47. The molecule has 4 atom stereocenters. The molecule has 1 saturated heterocycles. The Kier molecular flexibility index (Phi) is 4.47. The van der Waals surface area contributed by atoms with Crippen molar-refractivity contribution in [2.75, 3.05) is 0 Å². The first kappa shape index (κ1) is 18.6. The van der Waals surface area contributed by atoms with Gasteiger partial charge in [-0.25, -0.2) is 9.78 Å². The van der Waals surface area contributed by atoms with Gasteiger partial charge in [-0.1, -0.05) is 0 Å². The van der Waals surface area contributed by atoms with E-state index in [0.29, 0.717) is 12.0 Å². The van der Waals surface area contributed by atoms with Crippen molar-refractivity contribution < 1.29 is 29.0 Å². The molecule has 2 aliphatic heterocycles. The molecular weight excluding hydrogens is 386 g/mol. The highest BCUT2D eigenvalue weighted by molar-refractivity contribution is 7.15. The quantitative estimate of drug-likeness (QED) is 0.452. The number of carbonyl (C=O) groups is 3. The lowest BCUT2D eigenvalue weighted by Gasteiger charge is -2.44. The first-order valence-electron chi connectivity index (χ1n) is 8.82. The SMILES string of the molecule is CC(=O)OC(C)OC(=O)C1=C(c2csc3cncn23)C[C@@H]2[C@@H]([C@@H](C)O)C(=O)N12. The fourth-order valence-electron chi connectivity index (χ4n) is 3.89. The molecule has 4 heterocycles. The Balaban J connectivity index is 1.73. The molecule has 0 radical (unpaired) electrons. The van der Waals surface area contributed by atoms with Crippen LogP contribution in [0.15, 0.2) is 23.6 Å². The van der Waals surface area contributed by atoms with Crippen molar-refractivity contribution in [2.45, 2.75) is 45.6 Å². The molecule has 4 rings (SSSR count). The van der Waals surface area contributed by atoms with Crippen LogP contribution in [-0.2, 0) is 23.9 Å². The van der Waals surface area contributed by atoms with Gasteiger partial charge in [0.1, 0.15) is 16.9 Å². The number of carbonyl (C=O) groups excluding carboxylic acids is 3. The summed E-state index contributed by atoms with van der Waals surface area (Å²) in [6, 6.07) is -0.312. The highest BCUT2D eigenvalue weighted by Gasteiger charge is 2.57. The van der Waals surface area contributed by atoms with Gasteiger partial charge in [0.25, 0.3) is 0 Å². The van der Waals surface area contributed by atoms with Gasteiger partial charge in [0.15, 0.2) is 0 Å². The molecule has 2 aromatic rings. The number of aliphatic hydroxyl groups is 1. The van der Waals surface area contributed by atoms with E-state index in [-0.39, 0.29) is 17.6 Å². The fraction of sp³-hybridized carbons (Fsp3) is 0.444. The summed E-state index contributed by atoms with van der Waals surface area (Å²) < 4.78 is 12.0. The maximum absolute atomic E-state index is 12.9. The number of hydrogen-bond donors (Lipinski definition) is 1. The van der Waals surface area contributed by atoms with Crippen LogP contribution in [-0.4, -0.2) is 55.7 Å². The minimum atomic E-state index is -1.09. The first-order chi connectivity index (χ1) is 13.3. The van der Waals surface area contributed by atoms with Gasteiger partial charge in [-0.2, -0.15) is 0 Å². The standard InChI is InChI=1S/C18H19N3O6S/c1-8(22)15-12-4-11(13-6-28-14-5-19-7-20(13)14)16(21(12)17(15)24)18(25)27-10(3)26-9(2)23/h5-8,10,12,15,22H,4H2,1-3H3/t8-,10?,12-,15-/m1/s1. The molecule has 1 fully saturated rings. The zero-order valence-corrected chi connectivity index (χ0v) is 16.3. The van der Waals surface area contributed by atoms with Crippen molar-refractivity contribution in [1.82, 2.24) is 14.3 Å². The predicted molar refractivity (Wildman–Crippen MR) is 97.7 cm³/mol. The second kappa shape index (κ2) is 6.71. The van der Waals surface area contributed by atoms with E-state index < -0.39 is 30.3 Å². The van der Waals surface area contributed by atoms with Crippen LogP contribution in [0.1, 0.15) is 32.9 Å². The average molecular weight is 405 g/mol. The van der Waals surface area contributed by atoms with E-state index in [1.165, 1.54) is 30.1 Å². The third kappa shape index (κ3) is 2.80. The molecule has 0 bridgehead atoms. The number of esters is 2. The summed E-state index contributed by atoms with van der Waals surface area (Å²) in [5.41, 5.74) is 1.52. The lowest BCUT2D eigenvalue weighted by Crippen LogP contribution is -2.62. The number of aromatic nitrogens is 2. The van der Waals surface area contributed by atoms with Crippen LogP contribution in [0.2, 0.25) is 0 Å². The zero-order valence-electron chi connectivity index (χ0n) is 15.5. The third-order valence-electron chi connectivity index (χ3n) is 4.99. The van der Waals surface area contributed by atoms with Gasteiger partial charge in [-0.05, 0) is 13.3 Å². The smallest absolute Gasteiger partial charge is 0.358 e. The first-order valence-corrected chi connectivity index (χ1v) is 9.70. The number of amides is 1. The maximum atomic E-state index is 12.9. The van der Waals surface area contributed by atoms with E-state index in [1.54, 1.807) is 19.4 Å². The summed E-state index contributed by atoms with van der Waals surface area (Å²) in [6.45, 7) is 4.21. The van der Waals surface area contributed by atoms with Gasteiger partial charge < -0.3 is 19.5 Å². The Morgan fingerprint density at radius 3 is 2.79 bits per heavy atom. The average Bonchev–Trinajstić information content (AvgIpc) is 3.25. The van der Waals surface area contributed by atoms with Crippen LogP contribution in [0, 0.1) is 5.92 Å². The van der Waals surface area contributed by atoms with Gasteiger partial charge in [-0.15, -0.1) is 11.3 Å². The fourth-order valence-corrected chi connectivity index (χ4v) is 4.76. The monoisotopic (exact) mass is 405 g/mol. The van der Waals surface area contributed by atoms with Crippen LogP contribution < -0.4 is 0 Å². The molecule has 0 saturated carbocycles. The molecule has 1 amide bonds. The number of rotatable bonds is 5. The summed E-state index contributed by atoms with van der Waals surface area (Å²) in [6.07, 6.45) is 1.86. The van der Waals surface area contributed by atoms with Crippen molar-refractivity contribution in [3.8, 4) is 0 Å². The van der Waals surface area contributed by atoms with E-state index in [1.807, 2.05) is 9.78 Å². The van der Waals surface area contributed by atoms with Gasteiger partial charge in [0.2, 0.25) is 12.2 Å². The van der Waals surface area contributed by atoms with E-state index in [9.17, 15) is 19.5 Å². The molecule has 1 unspecified atom stereocenters. The van der Waals surface area contributed by atoms with Crippen LogP contribution in [0.4, 0.5) is 0 Å². The molecule has 10 heteroatoms. The van der Waals surface area contributed by atoms with E-state index in [0.717, 1.165) is 10.5 Å². The Morgan fingerprint density at radius 2 is 2.11 bits per heavy atom. The van der Waals surface area contributed by atoms with Crippen molar-refractivity contribution in [2.24, 2.45) is 5.92 Å². The van der Waals surface area contributed by atoms with Gasteiger partial charge in [-0.3, -0.25) is 14.0 Å². The lowest BCUT2D eigenvalue weighted by molar-refractivity contribution is -0.184. The largest absolute Gasteiger partial charge is 0.426 e. The summed E-state index contributed by atoms with van der Waals surface area (Å²) in [7, 11) is 0. The topological polar surface area (TPSA) is 110 Å². The van der Waals surface area contributed by atoms with Crippen LogP contribution in [0.3, 0.4) is 0 Å². The summed E-state index contributed by atoms with van der Waals surface area (Å²) >= 11 is 1.47. The van der Waals surface area contributed by atoms with Crippen LogP contribution in [0.5, 0.6) is 0 Å². The van der Waals surface area contributed by atoms with E-state index in [4.69, 9.17) is 9.47 Å². The number of fused-ring (bicyclic) bond motifs is 2. The number of ether oxygens (including phenoxy) is 2. The van der Waals surface area contributed by atoms with Crippen molar-refractivity contribution >= 4 is 39.6 Å². The minimum Gasteiger partial charge on any atom is -0.426 e. The van der Waals surface area contributed by atoms with E-state index in [2.05, 4.69) is 4.98 Å². The molecule has 0 spiro atoms. The van der Waals surface area contributed by atoms with Gasteiger partial charge in [0.05, 0.1) is 30.0 Å². The molecule has 148 valence electrons.